The van der Waals surface area contributed by atoms with Crippen LogP contribution < -0.4 is 10.1 Å². The van der Waals surface area contributed by atoms with Gasteiger partial charge in [-0.05, 0) is 67.3 Å². The maximum Gasteiger partial charge on any atom is 0.335 e. The highest BCUT2D eigenvalue weighted by Crippen LogP contribution is 2.46. The number of likely N-dealkylation sites (tertiary alicyclic amines) is 1. The summed E-state index contributed by atoms with van der Waals surface area (Å²) in [4.78, 5) is 38.9. The van der Waals surface area contributed by atoms with Gasteiger partial charge in [-0.2, -0.15) is 0 Å². The number of rotatable bonds is 9. The third-order valence-electron chi connectivity index (χ3n) is 6.94. The molecule has 1 aliphatic rings. The Morgan fingerprint density at radius 2 is 1.83 bits per heavy atom. The van der Waals surface area contributed by atoms with Crippen molar-refractivity contribution < 1.29 is 28.6 Å². The van der Waals surface area contributed by atoms with Crippen LogP contribution in [-0.2, 0) is 4.79 Å². The van der Waals surface area contributed by atoms with Crippen LogP contribution in [0.4, 0.5) is 4.79 Å². The molecule has 0 bridgehead atoms. The second-order valence-electron chi connectivity index (χ2n) is 8.85. The standard InChI is InChI=1S/C27H30N2O6/c1-4-7-21(18-10-13-22-19(16-18)14-15-34-22)28-26(33)29-24(32)27(5-2,6-3)25(29)35-20-11-8-17(9-12-20)23(30)31/h8-16,21,25H,4-7H2,1-3H3,(H,28,33)(H,30,31)/t21?,25-/m1/s1. The molecule has 1 saturated heterocycles. The van der Waals surface area contributed by atoms with Gasteiger partial charge in [0.05, 0.1) is 17.9 Å². The molecule has 3 aromatic rings. The van der Waals surface area contributed by atoms with E-state index >= 15 is 0 Å². The minimum Gasteiger partial charge on any atom is -0.478 e. The number of nitrogens with zero attached hydrogens (tertiary/aromatic N) is 1. The van der Waals surface area contributed by atoms with Gasteiger partial charge in [-0.3, -0.25) is 4.79 Å². The van der Waals surface area contributed by atoms with Crippen LogP contribution in [-0.4, -0.2) is 34.1 Å². The van der Waals surface area contributed by atoms with Gasteiger partial charge in [-0.1, -0.05) is 33.3 Å². The molecular formula is C27H30N2O6. The number of aromatic carboxylic acids is 1. The summed E-state index contributed by atoms with van der Waals surface area (Å²) in [5.74, 6) is -0.914. The summed E-state index contributed by atoms with van der Waals surface area (Å²) in [5.41, 5.74) is 1.01. The molecule has 1 unspecified atom stereocenters. The van der Waals surface area contributed by atoms with E-state index < -0.39 is 23.6 Å². The third-order valence-corrected chi connectivity index (χ3v) is 6.94. The lowest BCUT2D eigenvalue weighted by molar-refractivity contribution is -0.191. The van der Waals surface area contributed by atoms with Gasteiger partial charge in [-0.25, -0.2) is 14.5 Å². The van der Waals surface area contributed by atoms with E-state index in [4.69, 9.17) is 14.3 Å². The van der Waals surface area contributed by atoms with E-state index in [1.807, 2.05) is 45.0 Å². The monoisotopic (exact) mass is 478 g/mol. The van der Waals surface area contributed by atoms with Gasteiger partial charge in [0.25, 0.3) is 0 Å². The zero-order valence-electron chi connectivity index (χ0n) is 20.1. The van der Waals surface area contributed by atoms with E-state index in [2.05, 4.69) is 5.32 Å². The first-order chi connectivity index (χ1) is 16.8. The number of hydrogen-bond acceptors (Lipinski definition) is 5. The van der Waals surface area contributed by atoms with Crippen LogP contribution >= 0.6 is 0 Å². The second kappa shape index (κ2) is 9.82. The molecule has 1 aliphatic heterocycles. The Kier molecular flexibility index (Phi) is 6.82. The molecule has 1 aromatic heterocycles. The summed E-state index contributed by atoms with van der Waals surface area (Å²) in [6.45, 7) is 5.84. The molecular weight excluding hydrogens is 448 g/mol. The van der Waals surface area contributed by atoms with Crippen LogP contribution in [0, 0.1) is 5.41 Å². The summed E-state index contributed by atoms with van der Waals surface area (Å²) >= 11 is 0. The van der Waals surface area contributed by atoms with Crippen molar-refractivity contribution in [3.8, 4) is 5.75 Å². The molecule has 184 valence electrons. The lowest BCUT2D eigenvalue weighted by Crippen LogP contribution is -2.73. The average Bonchev–Trinajstić information content (AvgIpc) is 3.33. The lowest BCUT2D eigenvalue weighted by Gasteiger charge is -2.53. The number of urea groups is 1. The number of carbonyl (C=O) groups is 3. The highest BCUT2D eigenvalue weighted by molar-refractivity contribution is 6.03. The van der Waals surface area contributed by atoms with E-state index in [1.165, 1.54) is 12.1 Å². The van der Waals surface area contributed by atoms with E-state index in [0.29, 0.717) is 25.0 Å². The number of ether oxygens (including phenoxy) is 1. The molecule has 2 N–H and O–H groups in total. The number of amides is 3. The maximum atomic E-state index is 13.4. The minimum absolute atomic E-state index is 0.130. The lowest BCUT2D eigenvalue weighted by atomic mass is 9.72. The second-order valence-corrected chi connectivity index (χ2v) is 8.85. The molecule has 0 spiro atoms. The van der Waals surface area contributed by atoms with Crippen molar-refractivity contribution in [3.05, 3.63) is 65.9 Å². The summed E-state index contributed by atoms with van der Waals surface area (Å²) in [5, 5.41) is 13.1. The topological polar surface area (TPSA) is 109 Å². The zero-order valence-corrected chi connectivity index (χ0v) is 20.1. The van der Waals surface area contributed by atoms with Gasteiger partial charge in [0.2, 0.25) is 5.91 Å². The highest BCUT2D eigenvalue weighted by Gasteiger charge is 2.63. The van der Waals surface area contributed by atoms with E-state index in [-0.39, 0.29) is 17.5 Å². The molecule has 3 amide bonds. The number of carboxylic acid groups (broad SMARTS) is 1. The molecule has 8 nitrogen and oxygen atoms in total. The van der Waals surface area contributed by atoms with Crippen molar-refractivity contribution in [1.82, 2.24) is 10.2 Å². The SMILES string of the molecule is CCCC(NC(=O)N1C(=O)C(CC)(CC)[C@H]1Oc1ccc(C(=O)O)cc1)c1ccc2occc2c1. The Balaban J connectivity index is 1.57. The van der Waals surface area contributed by atoms with Crippen molar-refractivity contribution >= 4 is 28.9 Å². The molecule has 0 aliphatic carbocycles. The van der Waals surface area contributed by atoms with Crippen LogP contribution in [0.15, 0.2) is 59.2 Å². The van der Waals surface area contributed by atoms with Crippen LogP contribution in [0.3, 0.4) is 0 Å². The first kappa shape index (κ1) is 24.3. The van der Waals surface area contributed by atoms with Gasteiger partial charge in [0, 0.05) is 5.39 Å². The molecule has 4 rings (SSSR count). The van der Waals surface area contributed by atoms with Crippen molar-refractivity contribution in [2.24, 2.45) is 5.41 Å². The molecule has 2 atom stereocenters. The first-order valence-corrected chi connectivity index (χ1v) is 12.0. The number of hydrogen-bond donors (Lipinski definition) is 2. The van der Waals surface area contributed by atoms with Crippen LogP contribution in [0.25, 0.3) is 11.0 Å². The molecule has 0 radical (unpaired) electrons. The third kappa shape index (κ3) is 4.36. The van der Waals surface area contributed by atoms with Gasteiger partial charge in [0.15, 0.2) is 6.23 Å². The number of carbonyl (C=O) groups excluding carboxylic acids is 2. The van der Waals surface area contributed by atoms with Crippen LogP contribution in [0.1, 0.15) is 68.4 Å². The zero-order chi connectivity index (χ0) is 25.2. The molecule has 2 aromatic carbocycles. The summed E-state index contributed by atoms with van der Waals surface area (Å²) in [6, 6.07) is 12.8. The first-order valence-electron chi connectivity index (χ1n) is 12.0. The minimum atomic E-state index is -1.04. The predicted molar refractivity (Wildman–Crippen MR) is 130 cm³/mol. The van der Waals surface area contributed by atoms with Crippen molar-refractivity contribution in [2.75, 3.05) is 0 Å². The fourth-order valence-electron chi connectivity index (χ4n) is 4.74. The number of benzene rings is 2. The summed E-state index contributed by atoms with van der Waals surface area (Å²) in [7, 11) is 0. The molecule has 8 heteroatoms. The quantitative estimate of drug-likeness (QED) is 0.380. The average molecular weight is 479 g/mol. The van der Waals surface area contributed by atoms with Crippen LogP contribution in [0.5, 0.6) is 5.75 Å². The number of fused-ring (bicyclic) bond motifs is 1. The molecule has 35 heavy (non-hydrogen) atoms. The maximum absolute atomic E-state index is 13.4. The van der Waals surface area contributed by atoms with E-state index in [0.717, 1.165) is 27.9 Å². The fourth-order valence-corrected chi connectivity index (χ4v) is 4.74. The Morgan fingerprint density at radius 3 is 2.46 bits per heavy atom. The Bertz CT molecular complexity index is 1230. The smallest absolute Gasteiger partial charge is 0.335 e. The molecule has 2 heterocycles. The van der Waals surface area contributed by atoms with Gasteiger partial charge >= 0.3 is 12.0 Å². The Labute approximate surface area is 203 Å². The number of carboxylic acids is 1. The largest absolute Gasteiger partial charge is 0.478 e. The van der Waals surface area contributed by atoms with Crippen LogP contribution in [0.2, 0.25) is 0 Å². The van der Waals surface area contributed by atoms with E-state index in [9.17, 15) is 14.4 Å². The fraction of sp³-hybridized carbons (Fsp3) is 0.370. The Morgan fingerprint density at radius 1 is 1.11 bits per heavy atom. The normalized spacial score (nSPS) is 17.6. The molecule has 1 fully saturated rings. The van der Waals surface area contributed by atoms with Gasteiger partial charge in [-0.15, -0.1) is 0 Å². The highest BCUT2D eigenvalue weighted by atomic mass is 16.5. The predicted octanol–water partition coefficient (Wildman–Crippen LogP) is 5.74. The van der Waals surface area contributed by atoms with Gasteiger partial charge in [0.1, 0.15) is 16.7 Å². The summed E-state index contributed by atoms with van der Waals surface area (Å²) < 4.78 is 11.5. The van der Waals surface area contributed by atoms with Crippen molar-refractivity contribution in [2.45, 2.75) is 58.7 Å². The van der Waals surface area contributed by atoms with Crippen molar-refractivity contribution in [3.63, 3.8) is 0 Å². The number of nitrogens with one attached hydrogen (secondary N) is 1. The molecule has 0 saturated carbocycles. The van der Waals surface area contributed by atoms with Gasteiger partial charge < -0.3 is 19.6 Å². The summed E-state index contributed by atoms with van der Waals surface area (Å²) in [6.07, 6.45) is 3.40. The number of β-lactam (4-membered cyclic amide) rings is 1. The number of imide groups is 1. The Hall–Kier alpha value is -3.81. The van der Waals surface area contributed by atoms with E-state index in [1.54, 1.807) is 18.4 Å². The number of furan rings is 1. The van der Waals surface area contributed by atoms with Crippen molar-refractivity contribution in [1.29, 1.82) is 0 Å².